The van der Waals surface area contributed by atoms with Gasteiger partial charge in [-0.05, 0) is 25.2 Å². The van der Waals surface area contributed by atoms with Crippen molar-refractivity contribution in [1.82, 2.24) is 10.6 Å². The summed E-state index contributed by atoms with van der Waals surface area (Å²) in [6.45, 7) is 0.177. The van der Waals surface area contributed by atoms with Gasteiger partial charge in [0.1, 0.15) is 0 Å². The average molecular weight is 310 g/mol. The van der Waals surface area contributed by atoms with E-state index in [4.69, 9.17) is 0 Å². The van der Waals surface area contributed by atoms with Crippen molar-refractivity contribution in [1.29, 1.82) is 0 Å². The smallest absolute Gasteiger partial charge is 0.239 e. The van der Waals surface area contributed by atoms with Crippen molar-refractivity contribution in [2.24, 2.45) is 11.8 Å². The molecule has 2 atom stereocenters. The van der Waals surface area contributed by atoms with Gasteiger partial charge < -0.3 is 15.7 Å². The van der Waals surface area contributed by atoms with Gasteiger partial charge in [-0.1, -0.05) is 38.5 Å². The van der Waals surface area contributed by atoms with Crippen LogP contribution in [-0.4, -0.2) is 36.1 Å². The highest BCUT2D eigenvalue weighted by atomic mass is 16.3. The maximum absolute atomic E-state index is 11.9. The highest BCUT2D eigenvalue weighted by molar-refractivity contribution is 5.84. The van der Waals surface area contributed by atoms with Crippen LogP contribution in [0.25, 0.3) is 0 Å². The molecule has 0 spiro atoms. The lowest BCUT2D eigenvalue weighted by molar-refractivity contribution is -0.127. The lowest BCUT2D eigenvalue weighted by Crippen LogP contribution is -2.47. The van der Waals surface area contributed by atoms with Gasteiger partial charge in [-0.2, -0.15) is 0 Å². The zero-order valence-electron chi connectivity index (χ0n) is 13.5. The number of aliphatic hydroxyl groups excluding tert-OH is 1. The summed E-state index contributed by atoms with van der Waals surface area (Å²) in [6.07, 6.45) is 10.7. The maximum atomic E-state index is 11.9. The zero-order chi connectivity index (χ0) is 15.8. The van der Waals surface area contributed by atoms with E-state index in [9.17, 15) is 14.7 Å². The number of aliphatic hydroxyl groups is 1. The summed E-state index contributed by atoms with van der Waals surface area (Å²) < 4.78 is 0. The quantitative estimate of drug-likeness (QED) is 0.670. The summed E-state index contributed by atoms with van der Waals surface area (Å²) >= 11 is 0. The van der Waals surface area contributed by atoms with Gasteiger partial charge in [0.15, 0.2) is 0 Å². The average Bonchev–Trinajstić information content (AvgIpc) is 3.05. The Bertz CT molecular complexity index is 367. The minimum Gasteiger partial charge on any atom is -0.396 e. The molecule has 22 heavy (non-hydrogen) atoms. The van der Waals surface area contributed by atoms with Crippen molar-refractivity contribution in [3.63, 3.8) is 0 Å². The number of carbonyl (C=O) groups excluding carboxylic acids is 2. The Kier molecular flexibility index (Phi) is 7.16. The fraction of sp³-hybridized carbons (Fsp3) is 0.882. The highest BCUT2D eigenvalue weighted by Crippen LogP contribution is 2.28. The fourth-order valence-electron chi connectivity index (χ4n) is 3.78. The molecule has 2 saturated carbocycles. The van der Waals surface area contributed by atoms with Gasteiger partial charge in [0.25, 0.3) is 0 Å². The van der Waals surface area contributed by atoms with E-state index in [0.717, 1.165) is 32.1 Å². The molecule has 126 valence electrons. The van der Waals surface area contributed by atoms with Gasteiger partial charge >= 0.3 is 0 Å². The third-order valence-electron chi connectivity index (χ3n) is 5.19. The highest BCUT2D eigenvalue weighted by Gasteiger charge is 2.25. The number of rotatable bonds is 7. The molecule has 0 bridgehead atoms. The molecule has 0 heterocycles. The summed E-state index contributed by atoms with van der Waals surface area (Å²) in [6, 6.07) is 0.0571. The Balaban J connectivity index is 1.60. The Morgan fingerprint density at radius 1 is 0.955 bits per heavy atom. The molecule has 2 aliphatic carbocycles. The van der Waals surface area contributed by atoms with Crippen molar-refractivity contribution in [3.8, 4) is 0 Å². The molecule has 2 aliphatic rings. The fourth-order valence-corrected chi connectivity index (χ4v) is 3.78. The number of hydrogen-bond acceptors (Lipinski definition) is 3. The first-order valence-corrected chi connectivity index (χ1v) is 8.86. The van der Waals surface area contributed by atoms with Crippen LogP contribution in [0.5, 0.6) is 0 Å². The third-order valence-corrected chi connectivity index (χ3v) is 5.19. The van der Waals surface area contributed by atoms with Crippen LogP contribution in [0, 0.1) is 11.8 Å². The van der Waals surface area contributed by atoms with Gasteiger partial charge in [0, 0.05) is 25.0 Å². The number of carbonyl (C=O) groups is 2. The molecule has 0 aromatic rings. The van der Waals surface area contributed by atoms with Crippen LogP contribution in [0.2, 0.25) is 0 Å². The Labute approximate surface area is 133 Å². The van der Waals surface area contributed by atoms with Crippen LogP contribution in [0.15, 0.2) is 0 Å². The molecule has 2 rings (SSSR count). The van der Waals surface area contributed by atoms with E-state index in [1.165, 1.54) is 25.7 Å². The molecule has 0 saturated heterocycles. The van der Waals surface area contributed by atoms with Crippen LogP contribution in [-0.2, 0) is 9.59 Å². The summed E-state index contributed by atoms with van der Waals surface area (Å²) in [5.74, 6) is 0.701. The van der Waals surface area contributed by atoms with E-state index in [0.29, 0.717) is 12.3 Å². The first-order valence-electron chi connectivity index (χ1n) is 8.86. The molecule has 3 N–H and O–H groups in total. The van der Waals surface area contributed by atoms with Gasteiger partial charge in [-0.25, -0.2) is 0 Å². The van der Waals surface area contributed by atoms with Crippen molar-refractivity contribution >= 4 is 11.8 Å². The number of amides is 2. The summed E-state index contributed by atoms with van der Waals surface area (Å²) in [5.41, 5.74) is 0. The molecule has 5 heteroatoms. The van der Waals surface area contributed by atoms with Crippen molar-refractivity contribution in [2.45, 2.75) is 70.3 Å². The van der Waals surface area contributed by atoms with Crippen molar-refractivity contribution in [3.05, 3.63) is 0 Å². The predicted molar refractivity (Wildman–Crippen MR) is 85.2 cm³/mol. The van der Waals surface area contributed by atoms with Gasteiger partial charge in [-0.15, -0.1) is 0 Å². The van der Waals surface area contributed by atoms with E-state index in [1.54, 1.807) is 0 Å². The van der Waals surface area contributed by atoms with E-state index < -0.39 is 0 Å². The largest absolute Gasteiger partial charge is 0.396 e. The molecule has 0 radical (unpaired) electrons. The molecular formula is C17H30N2O3. The third kappa shape index (κ3) is 5.59. The zero-order valence-corrected chi connectivity index (χ0v) is 13.5. The second-order valence-electron chi connectivity index (χ2n) is 6.87. The second-order valence-corrected chi connectivity index (χ2v) is 6.87. The van der Waals surface area contributed by atoms with E-state index >= 15 is 0 Å². The summed E-state index contributed by atoms with van der Waals surface area (Å²) in [5, 5.41) is 15.0. The molecule has 5 nitrogen and oxygen atoms in total. The van der Waals surface area contributed by atoms with Crippen molar-refractivity contribution < 1.29 is 14.7 Å². The molecule has 2 unspecified atom stereocenters. The van der Waals surface area contributed by atoms with Crippen LogP contribution >= 0.6 is 0 Å². The molecule has 2 amide bonds. The number of hydrogen-bond donors (Lipinski definition) is 3. The Hall–Kier alpha value is -1.10. The Morgan fingerprint density at radius 3 is 2.36 bits per heavy atom. The molecule has 0 aliphatic heterocycles. The summed E-state index contributed by atoms with van der Waals surface area (Å²) in [7, 11) is 0. The van der Waals surface area contributed by atoms with Crippen LogP contribution < -0.4 is 10.6 Å². The van der Waals surface area contributed by atoms with Crippen molar-refractivity contribution in [2.75, 3.05) is 13.2 Å². The summed E-state index contributed by atoms with van der Waals surface area (Å²) in [4.78, 5) is 23.7. The number of nitrogens with one attached hydrogen (secondary N) is 2. The van der Waals surface area contributed by atoms with Gasteiger partial charge in [0.2, 0.25) is 11.8 Å². The van der Waals surface area contributed by atoms with E-state index in [1.807, 2.05) is 0 Å². The predicted octanol–water partition coefficient (Wildman–Crippen LogP) is 1.74. The standard InChI is InChI=1S/C17H30N2O3/c20-12-14-7-3-4-8-15(14)19-17(22)11-18-16(21)10-9-13-5-1-2-6-13/h13-15,20H,1-12H2,(H,18,21)(H,19,22). The molecule has 2 fully saturated rings. The van der Waals surface area contributed by atoms with Gasteiger partial charge in [0.05, 0.1) is 6.54 Å². The maximum Gasteiger partial charge on any atom is 0.239 e. The van der Waals surface area contributed by atoms with E-state index in [2.05, 4.69) is 10.6 Å². The first kappa shape index (κ1) is 17.3. The topological polar surface area (TPSA) is 78.4 Å². The minimum absolute atomic E-state index is 0.0237. The van der Waals surface area contributed by atoms with Gasteiger partial charge in [-0.3, -0.25) is 9.59 Å². The second kappa shape index (κ2) is 9.13. The SMILES string of the molecule is O=C(CCC1CCCC1)NCC(=O)NC1CCCCC1CO. The lowest BCUT2D eigenvalue weighted by Gasteiger charge is -2.30. The van der Waals surface area contributed by atoms with Crippen LogP contribution in [0.1, 0.15) is 64.2 Å². The normalized spacial score (nSPS) is 25.9. The first-order chi connectivity index (χ1) is 10.7. The minimum atomic E-state index is -0.139. The van der Waals surface area contributed by atoms with Crippen LogP contribution in [0.3, 0.4) is 0 Å². The Morgan fingerprint density at radius 2 is 1.64 bits per heavy atom. The van der Waals surface area contributed by atoms with Crippen LogP contribution in [0.4, 0.5) is 0 Å². The molecule has 0 aromatic carbocycles. The monoisotopic (exact) mass is 310 g/mol. The molecular weight excluding hydrogens is 280 g/mol. The lowest BCUT2D eigenvalue weighted by atomic mass is 9.85. The molecule has 0 aromatic heterocycles. The van der Waals surface area contributed by atoms with E-state index in [-0.39, 0.29) is 36.9 Å².